The van der Waals surface area contributed by atoms with E-state index in [-0.39, 0.29) is 76.3 Å². The van der Waals surface area contributed by atoms with E-state index < -0.39 is 5.82 Å². The van der Waals surface area contributed by atoms with E-state index >= 15 is 0 Å². The zero-order valence-corrected chi connectivity index (χ0v) is 26.6. The Balaban J connectivity index is 0.00000181. The van der Waals surface area contributed by atoms with E-state index in [4.69, 9.17) is 9.88 Å². The zero-order chi connectivity index (χ0) is 21.1. The average molecular weight is 595 g/mol. The number of halogens is 1. The van der Waals surface area contributed by atoms with Gasteiger partial charge in [-0.3, -0.25) is 5.14 Å². The predicted molar refractivity (Wildman–Crippen MR) is 123 cm³/mol. The molecule has 0 bridgehead atoms. The number of nitrogens with zero attached hydrogens (tertiary/aromatic N) is 4. The molecular weight excluding hydrogens is 568 g/mol. The maximum atomic E-state index is 14.1. The van der Waals surface area contributed by atoms with Crippen LogP contribution < -0.4 is 84.1 Å². The SMILES string of the molecule is CC(C)c1nsnc1OCC1CC(c2cnc(Nc3ccc(SN)cc3F)nc2)C1.[CH3-].[Cs+]. The number of anilines is 2. The molecule has 1 aliphatic carbocycles. The molecule has 0 radical (unpaired) electrons. The summed E-state index contributed by atoms with van der Waals surface area (Å²) in [7, 11) is 0. The minimum atomic E-state index is -0.393. The van der Waals surface area contributed by atoms with Crippen LogP contribution in [0.5, 0.6) is 5.88 Å². The summed E-state index contributed by atoms with van der Waals surface area (Å²) in [5, 5.41) is 8.35. The monoisotopic (exact) mass is 594 g/mol. The van der Waals surface area contributed by atoms with Crippen LogP contribution in [0.25, 0.3) is 0 Å². The molecule has 1 aromatic carbocycles. The van der Waals surface area contributed by atoms with Gasteiger partial charge in [-0.15, -0.1) is 4.37 Å². The van der Waals surface area contributed by atoms with Gasteiger partial charge in [0.05, 0.1) is 24.0 Å². The van der Waals surface area contributed by atoms with Crippen LogP contribution in [-0.2, 0) is 0 Å². The minimum Gasteiger partial charge on any atom is -0.475 e. The van der Waals surface area contributed by atoms with Gasteiger partial charge in [0.1, 0.15) is 11.5 Å². The molecule has 1 aliphatic rings. The smallest absolute Gasteiger partial charge is 0.475 e. The summed E-state index contributed by atoms with van der Waals surface area (Å²) in [6.45, 7) is 4.83. The number of rotatable bonds is 8. The van der Waals surface area contributed by atoms with Gasteiger partial charge in [0.2, 0.25) is 11.8 Å². The fraction of sp³-hybridized carbons (Fsp3) is 0.381. The molecule has 32 heavy (non-hydrogen) atoms. The van der Waals surface area contributed by atoms with Crippen LogP contribution in [0.2, 0.25) is 0 Å². The van der Waals surface area contributed by atoms with Crippen molar-refractivity contribution >= 4 is 35.3 Å². The molecule has 7 nitrogen and oxygen atoms in total. The molecule has 166 valence electrons. The maximum absolute atomic E-state index is 14.1. The van der Waals surface area contributed by atoms with Gasteiger partial charge in [0.25, 0.3) is 0 Å². The zero-order valence-electron chi connectivity index (χ0n) is 18.7. The van der Waals surface area contributed by atoms with Crippen molar-refractivity contribution in [3.63, 3.8) is 0 Å². The van der Waals surface area contributed by atoms with Crippen molar-refractivity contribution in [2.45, 2.75) is 43.4 Å². The number of ether oxygens (including phenoxy) is 1. The van der Waals surface area contributed by atoms with Crippen LogP contribution in [-0.4, -0.2) is 25.3 Å². The Hall–Kier alpha value is -0.248. The Morgan fingerprint density at radius 2 is 1.97 bits per heavy atom. The Bertz CT molecular complexity index is 998. The summed E-state index contributed by atoms with van der Waals surface area (Å²) in [6, 6.07) is 4.75. The molecule has 1 saturated carbocycles. The van der Waals surface area contributed by atoms with Crippen LogP contribution in [0.3, 0.4) is 0 Å². The number of aromatic nitrogens is 4. The topological polar surface area (TPSA) is 98.8 Å². The molecule has 1 fully saturated rings. The Morgan fingerprint density at radius 1 is 1.25 bits per heavy atom. The van der Waals surface area contributed by atoms with Crippen LogP contribution in [0.15, 0.2) is 35.5 Å². The van der Waals surface area contributed by atoms with Crippen molar-refractivity contribution < 1.29 is 78.0 Å². The number of hydrogen-bond donors (Lipinski definition) is 2. The van der Waals surface area contributed by atoms with E-state index in [9.17, 15) is 4.39 Å². The Labute approximate surface area is 255 Å². The molecule has 2 aromatic heterocycles. The predicted octanol–water partition coefficient (Wildman–Crippen LogP) is 2.33. The van der Waals surface area contributed by atoms with Gasteiger partial charge in [-0.25, -0.2) is 14.4 Å². The molecule has 0 spiro atoms. The summed E-state index contributed by atoms with van der Waals surface area (Å²) >= 11 is 2.20. The number of hydrogen-bond acceptors (Lipinski definition) is 9. The number of nitrogens with two attached hydrogens (primary N) is 1. The average Bonchev–Trinajstić information content (AvgIpc) is 3.18. The second kappa shape index (κ2) is 13.0. The summed E-state index contributed by atoms with van der Waals surface area (Å²) in [5.41, 5.74) is 2.34. The largest absolute Gasteiger partial charge is 1.00 e. The quantitative estimate of drug-likeness (QED) is 0.303. The second-order valence-corrected chi connectivity index (χ2v) is 8.91. The fourth-order valence-electron chi connectivity index (χ4n) is 3.39. The maximum Gasteiger partial charge on any atom is 1.00 e. The molecule has 0 atom stereocenters. The van der Waals surface area contributed by atoms with Crippen LogP contribution in [0.4, 0.5) is 16.0 Å². The van der Waals surface area contributed by atoms with Gasteiger partial charge in [-0.1, -0.05) is 13.8 Å². The first-order valence-corrected chi connectivity index (χ1v) is 11.3. The van der Waals surface area contributed by atoms with E-state index in [1.807, 2.05) is 0 Å². The van der Waals surface area contributed by atoms with E-state index in [1.54, 1.807) is 24.5 Å². The van der Waals surface area contributed by atoms with Gasteiger partial charge in [-0.05, 0) is 60.4 Å². The van der Waals surface area contributed by atoms with E-state index in [2.05, 4.69) is 37.9 Å². The second-order valence-electron chi connectivity index (χ2n) is 7.68. The van der Waals surface area contributed by atoms with Gasteiger partial charge in [0, 0.05) is 23.2 Å². The molecule has 11 heteroatoms. The molecular formula is C21H26CsFN6OS2. The third-order valence-corrected chi connectivity index (χ3v) is 6.24. The third kappa shape index (κ3) is 6.89. The van der Waals surface area contributed by atoms with Crippen molar-refractivity contribution in [3.05, 3.63) is 55.1 Å². The Morgan fingerprint density at radius 3 is 2.59 bits per heavy atom. The van der Waals surface area contributed by atoms with Crippen LogP contribution in [0, 0.1) is 19.2 Å². The van der Waals surface area contributed by atoms with Gasteiger partial charge < -0.3 is 17.5 Å². The normalized spacial score (nSPS) is 17.2. The van der Waals surface area contributed by atoms with Crippen LogP contribution in [0.1, 0.15) is 49.8 Å². The molecule has 0 amide bonds. The number of nitrogens with one attached hydrogen (secondary N) is 1. The van der Waals surface area contributed by atoms with Crippen molar-refractivity contribution in [3.8, 4) is 5.88 Å². The molecule has 2 heterocycles. The molecule has 4 rings (SSSR count). The van der Waals surface area contributed by atoms with Crippen molar-refractivity contribution in [1.29, 1.82) is 0 Å². The standard InChI is InChI=1S/C20H23FN6OS2.CH3.Cs/c1-11(2)18-19(27-30-26-18)28-10-12-5-13(6-12)14-8-23-20(24-9-14)25-17-4-3-15(29-22)7-16(17)21;;/h3-4,7-9,11-13H,5-6,10,22H2,1-2H3,(H,23,24,25);1H3;/q;-1;+1. The molecule has 3 aromatic rings. The first-order chi connectivity index (χ1) is 14.5. The summed E-state index contributed by atoms with van der Waals surface area (Å²) in [4.78, 5) is 9.33. The van der Waals surface area contributed by atoms with Crippen molar-refractivity contribution in [2.24, 2.45) is 11.1 Å². The van der Waals surface area contributed by atoms with Crippen molar-refractivity contribution in [1.82, 2.24) is 18.7 Å². The molecule has 0 unspecified atom stereocenters. The van der Waals surface area contributed by atoms with Crippen molar-refractivity contribution in [2.75, 3.05) is 11.9 Å². The van der Waals surface area contributed by atoms with Gasteiger partial charge in [0.15, 0.2) is 0 Å². The summed E-state index contributed by atoms with van der Waals surface area (Å²) in [6.07, 6.45) is 5.66. The fourth-order valence-corrected chi connectivity index (χ4v) is 4.34. The minimum absolute atomic E-state index is 0. The summed E-state index contributed by atoms with van der Waals surface area (Å²) < 4.78 is 28.5. The van der Waals surface area contributed by atoms with Gasteiger partial charge in [-0.2, -0.15) is 4.37 Å². The number of benzene rings is 1. The van der Waals surface area contributed by atoms with Crippen LogP contribution >= 0.6 is 23.7 Å². The van der Waals surface area contributed by atoms with Gasteiger partial charge >= 0.3 is 68.9 Å². The molecule has 0 aliphatic heterocycles. The van der Waals surface area contributed by atoms with E-state index in [0.717, 1.165) is 36.0 Å². The molecule has 3 N–H and O–H groups in total. The van der Waals surface area contributed by atoms with E-state index in [0.29, 0.717) is 46.8 Å². The first kappa shape index (κ1) is 28.0. The first-order valence-electron chi connectivity index (χ1n) is 9.74. The third-order valence-electron chi connectivity index (χ3n) is 5.19. The van der Waals surface area contributed by atoms with E-state index in [1.165, 1.54) is 17.8 Å². The molecule has 0 saturated heterocycles. The summed E-state index contributed by atoms with van der Waals surface area (Å²) in [5.74, 6) is 1.86. The Kier molecular flexibility index (Phi) is 11.4.